The molecule has 0 bridgehead atoms. The van der Waals surface area contributed by atoms with Crippen LogP contribution in [-0.4, -0.2) is 44.5 Å². The Labute approximate surface area is 139 Å². The van der Waals surface area contributed by atoms with Gasteiger partial charge in [-0.3, -0.25) is 4.79 Å². The number of anilines is 1. The number of piperidine rings is 1. The number of nitrogens with zero attached hydrogens (tertiary/aromatic N) is 2. The van der Waals surface area contributed by atoms with Gasteiger partial charge in [-0.25, -0.2) is 12.7 Å². The van der Waals surface area contributed by atoms with E-state index in [9.17, 15) is 13.2 Å². The Bertz CT molecular complexity index is 685. The fourth-order valence-corrected chi connectivity index (χ4v) is 4.09. The van der Waals surface area contributed by atoms with Crippen LogP contribution in [-0.2, 0) is 14.8 Å². The molecule has 1 fully saturated rings. The molecule has 5 nitrogen and oxygen atoms in total. The molecule has 1 atom stereocenters. The second kappa shape index (κ2) is 7.01. The van der Waals surface area contributed by atoms with Gasteiger partial charge < -0.3 is 4.90 Å². The van der Waals surface area contributed by atoms with Crippen molar-refractivity contribution in [1.82, 2.24) is 4.31 Å². The third kappa shape index (κ3) is 3.93. The summed E-state index contributed by atoms with van der Waals surface area (Å²) in [6.45, 7) is 6.52. The predicted octanol–water partition coefficient (Wildman–Crippen LogP) is 2.33. The highest BCUT2D eigenvalue weighted by atomic mass is 32.2. The van der Waals surface area contributed by atoms with E-state index in [-0.39, 0.29) is 17.6 Å². The Hall–Kier alpha value is -1.40. The molecule has 128 valence electrons. The van der Waals surface area contributed by atoms with E-state index in [1.54, 1.807) is 18.9 Å². The number of carbonyl (C=O) groups excluding carboxylic acids is 1. The molecule has 0 spiro atoms. The van der Waals surface area contributed by atoms with Crippen molar-refractivity contribution in [2.45, 2.75) is 33.6 Å². The highest BCUT2D eigenvalue weighted by Gasteiger charge is 2.33. The first-order chi connectivity index (χ1) is 10.8. The summed E-state index contributed by atoms with van der Waals surface area (Å²) in [6, 6.07) is 5.93. The van der Waals surface area contributed by atoms with Crippen LogP contribution in [0.4, 0.5) is 5.69 Å². The molecule has 0 radical (unpaired) electrons. The number of carbonyl (C=O) groups is 1. The Morgan fingerprint density at radius 3 is 2.61 bits per heavy atom. The van der Waals surface area contributed by atoms with E-state index in [0.29, 0.717) is 13.1 Å². The molecule has 1 aromatic carbocycles. The molecule has 2 rings (SSSR count). The zero-order valence-corrected chi connectivity index (χ0v) is 15.2. The first-order valence-corrected chi connectivity index (χ1v) is 9.70. The monoisotopic (exact) mass is 338 g/mol. The van der Waals surface area contributed by atoms with Crippen LogP contribution in [0, 0.1) is 19.8 Å². The summed E-state index contributed by atoms with van der Waals surface area (Å²) in [5, 5.41) is 0. The van der Waals surface area contributed by atoms with Gasteiger partial charge >= 0.3 is 0 Å². The Kier molecular flexibility index (Phi) is 5.47. The number of hydrogen-bond donors (Lipinski definition) is 0. The molecule has 23 heavy (non-hydrogen) atoms. The maximum Gasteiger partial charge on any atom is 0.231 e. The van der Waals surface area contributed by atoms with Crippen molar-refractivity contribution >= 4 is 21.6 Å². The summed E-state index contributed by atoms with van der Waals surface area (Å²) < 4.78 is 25.6. The molecular formula is C17H26N2O3S. The van der Waals surface area contributed by atoms with Crippen molar-refractivity contribution in [3.63, 3.8) is 0 Å². The number of aryl methyl sites for hydroxylation is 2. The van der Waals surface area contributed by atoms with Crippen LogP contribution in [0.1, 0.15) is 30.9 Å². The summed E-state index contributed by atoms with van der Waals surface area (Å²) in [5.74, 6) is -0.193. The molecule has 0 N–H and O–H groups in total. The molecule has 0 aromatic heterocycles. The third-order valence-electron chi connectivity index (χ3n) is 4.70. The third-order valence-corrected chi connectivity index (χ3v) is 6.55. The molecule has 1 saturated heterocycles. The first kappa shape index (κ1) is 17.9. The lowest BCUT2D eigenvalue weighted by Gasteiger charge is -2.33. The van der Waals surface area contributed by atoms with Crippen LogP contribution in [0.15, 0.2) is 18.2 Å². The van der Waals surface area contributed by atoms with Gasteiger partial charge in [0.15, 0.2) is 0 Å². The van der Waals surface area contributed by atoms with Crippen molar-refractivity contribution in [1.29, 1.82) is 0 Å². The largest absolute Gasteiger partial charge is 0.315 e. The molecule has 1 aliphatic rings. The number of rotatable bonds is 4. The molecule has 0 saturated carbocycles. The Morgan fingerprint density at radius 2 is 2.00 bits per heavy atom. The van der Waals surface area contributed by atoms with Gasteiger partial charge in [-0.15, -0.1) is 0 Å². The van der Waals surface area contributed by atoms with Gasteiger partial charge in [0.25, 0.3) is 0 Å². The van der Waals surface area contributed by atoms with Crippen LogP contribution >= 0.6 is 0 Å². The second-order valence-corrected chi connectivity index (χ2v) is 8.52. The molecule has 1 aromatic rings. The zero-order valence-electron chi connectivity index (χ0n) is 14.4. The van der Waals surface area contributed by atoms with Gasteiger partial charge in [-0.05, 0) is 56.9 Å². The zero-order chi connectivity index (χ0) is 17.2. The SMILES string of the molecule is CCS(=O)(=O)N1CCC[C@@H](C(=O)N(C)c2ccc(C)c(C)c2)C1. The van der Waals surface area contributed by atoms with E-state index in [1.807, 2.05) is 32.0 Å². The quantitative estimate of drug-likeness (QED) is 0.846. The Morgan fingerprint density at radius 1 is 1.30 bits per heavy atom. The molecule has 1 amide bonds. The standard InChI is InChI=1S/C17H26N2O3S/c1-5-23(21,22)19-10-6-7-15(12-19)17(20)18(4)16-9-8-13(2)14(3)11-16/h8-9,11,15H,5-7,10,12H2,1-4H3/t15-/m1/s1. The molecule has 1 aliphatic heterocycles. The number of hydrogen-bond acceptors (Lipinski definition) is 3. The smallest absolute Gasteiger partial charge is 0.231 e. The number of benzene rings is 1. The number of sulfonamides is 1. The lowest BCUT2D eigenvalue weighted by molar-refractivity contribution is -0.123. The van der Waals surface area contributed by atoms with Crippen LogP contribution < -0.4 is 4.90 Å². The summed E-state index contributed by atoms with van der Waals surface area (Å²) >= 11 is 0. The van der Waals surface area contributed by atoms with Gasteiger partial charge in [0.1, 0.15) is 0 Å². The van der Waals surface area contributed by atoms with Gasteiger partial charge in [0.05, 0.1) is 11.7 Å². The van der Waals surface area contributed by atoms with E-state index in [1.165, 1.54) is 9.87 Å². The van der Waals surface area contributed by atoms with Crippen molar-refractivity contribution in [2.75, 3.05) is 30.8 Å². The highest BCUT2D eigenvalue weighted by Crippen LogP contribution is 2.24. The molecular weight excluding hydrogens is 312 g/mol. The van der Waals surface area contributed by atoms with Crippen LogP contribution in [0.25, 0.3) is 0 Å². The molecule has 1 heterocycles. The average molecular weight is 338 g/mol. The minimum absolute atomic E-state index is 0.00995. The van der Waals surface area contributed by atoms with Gasteiger partial charge in [-0.2, -0.15) is 0 Å². The second-order valence-electron chi connectivity index (χ2n) is 6.26. The Balaban J connectivity index is 2.14. The highest BCUT2D eigenvalue weighted by molar-refractivity contribution is 7.89. The first-order valence-electron chi connectivity index (χ1n) is 8.09. The van der Waals surface area contributed by atoms with Crippen LogP contribution in [0.5, 0.6) is 0 Å². The topological polar surface area (TPSA) is 57.7 Å². The fourth-order valence-electron chi connectivity index (χ4n) is 2.91. The minimum atomic E-state index is -3.23. The van der Waals surface area contributed by atoms with E-state index in [0.717, 1.165) is 24.1 Å². The maximum atomic E-state index is 12.8. The predicted molar refractivity (Wildman–Crippen MR) is 93.1 cm³/mol. The number of amides is 1. The van der Waals surface area contributed by atoms with Crippen LogP contribution in [0.3, 0.4) is 0 Å². The average Bonchev–Trinajstić information content (AvgIpc) is 2.56. The van der Waals surface area contributed by atoms with Crippen molar-refractivity contribution in [3.05, 3.63) is 29.3 Å². The lowest BCUT2D eigenvalue weighted by atomic mass is 9.98. The molecule has 0 aliphatic carbocycles. The lowest BCUT2D eigenvalue weighted by Crippen LogP contribution is -2.46. The van der Waals surface area contributed by atoms with E-state index in [2.05, 4.69) is 0 Å². The van der Waals surface area contributed by atoms with Crippen LogP contribution in [0.2, 0.25) is 0 Å². The fraction of sp³-hybridized carbons (Fsp3) is 0.588. The maximum absolute atomic E-state index is 12.8. The normalized spacial score (nSPS) is 19.6. The summed E-state index contributed by atoms with van der Waals surface area (Å²) in [5.41, 5.74) is 3.18. The van der Waals surface area contributed by atoms with Gasteiger partial charge in [-0.1, -0.05) is 6.07 Å². The van der Waals surface area contributed by atoms with E-state index < -0.39 is 10.0 Å². The molecule has 0 unspecified atom stereocenters. The van der Waals surface area contributed by atoms with Gasteiger partial charge in [0.2, 0.25) is 15.9 Å². The van der Waals surface area contributed by atoms with Gasteiger partial charge in [0, 0.05) is 25.8 Å². The summed E-state index contributed by atoms with van der Waals surface area (Å²) in [4.78, 5) is 14.4. The summed E-state index contributed by atoms with van der Waals surface area (Å²) in [6.07, 6.45) is 1.47. The van der Waals surface area contributed by atoms with E-state index >= 15 is 0 Å². The van der Waals surface area contributed by atoms with Crippen molar-refractivity contribution < 1.29 is 13.2 Å². The van der Waals surface area contributed by atoms with Crippen molar-refractivity contribution in [3.8, 4) is 0 Å². The molecule has 6 heteroatoms. The minimum Gasteiger partial charge on any atom is -0.315 e. The van der Waals surface area contributed by atoms with Crippen molar-refractivity contribution in [2.24, 2.45) is 5.92 Å². The summed E-state index contributed by atoms with van der Waals surface area (Å²) in [7, 11) is -1.46. The van der Waals surface area contributed by atoms with E-state index in [4.69, 9.17) is 0 Å².